The predicted octanol–water partition coefficient (Wildman–Crippen LogP) is 1.68. The normalized spacial score (nSPS) is 22.2. The van der Waals surface area contributed by atoms with E-state index < -0.39 is 11.9 Å². The number of anilines is 1. The van der Waals surface area contributed by atoms with E-state index in [2.05, 4.69) is 4.90 Å². The van der Waals surface area contributed by atoms with Crippen LogP contribution in [0.2, 0.25) is 0 Å². The van der Waals surface area contributed by atoms with Crippen LogP contribution in [-0.2, 0) is 19.1 Å². The van der Waals surface area contributed by atoms with Gasteiger partial charge in [0.1, 0.15) is 5.75 Å². The van der Waals surface area contributed by atoms with Crippen molar-refractivity contribution in [2.75, 3.05) is 51.3 Å². The van der Waals surface area contributed by atoms with E-state index in [0.717, 1.165) is 37.1 Å². The Kier molecular flexibility index (Phi) is 6.63. The topological polar surface area (TPSA) is 79.4 Å². The van der Waals surface area contributed by atoms with E-state index in [1.807, 2.05) is 29.2 Å². The lowest BCUT2D eigenvalue weighted by molar-refractivity contribution is -0.155. The zero-order valence-corrected chi connectivity index (χ0v) is 18.1. The number of nitrogens with zero attached hydrogens (tertiary/aromatic N) is 3. The van der Waals surface area contributed by atoms with Crippen molar-refractivity contribution >= 4 is 23.5 Å². The quantitative estimate of drug-likeness (QED) is 0.640. The SMILES string of the molecule is COc1ccccc1N1CCN(C(=O)COC(=O)[C@@H]2CC(=O)N(C3CCCC3)C2)CC1. The van der Waals surface area contributed by atoms with Crippen molar-refractivity contribution in [3.05, 3.63) is 24.3 Å². The molecule has 1 aliphatic carbocycles. The number of rotatable bonds is 6. The summed E-state index contributed by atoms with van der Waals surface area (Å²) in [4.78, 5) is 43.0. The Morgan fingerprint density at radius 3 is 2.48 bits per heavy atom. The van der Waals surface area contributed by atoms with Crippen molar-refractivity contribution in [1.29, 1.82) is 0 Å². The molecule has 8 heteroatoms. The fraction of sp³-hybridized carbons (Fsp3) is 0.609. The number of para-hydroxylation sites is 2. The molecule has 1 saturated carbocycles. The second kappa shape index (κ2) is 9.58. The van der Waals surface area contributed by atoms with Crippen molar-refractivity contribution in [3.8, 4) is 5.75 Å². The summed E-state index contributed by atoms with van der Waals surface area (Å²) < 4.78 is 10.7. The fourth-order valence-corrected chi connectivity index (χ4v) is 4.89. The first-order valence-electron chi connectivity index (χ1n) is 11.2. The number of hydrogen-bond donors (Lipinski definition) is 0. The maximum Gasteiger partial charge on any atom is 0.311 e. The van der Waals surface area contributed by atoms with Gasteiger partial charge in [-0.25, -0.2) is 0 Å². The van der Waals surface area contributed by atoms with Crippen molar-refractivity contribution < 1.29 is 23.9 Å². The highest BCUT2D eigenvalue weighted by molar-refractivity contribution is 5.88. The summed E-state index contributed by atoms with van der Waals surface area (Å²) in [5, 5.41) is 0. The second-order valence-electron chi connectivity index (χ2n) is 8.53. The molecule has 168 valence electrons. The fourth-order valence-electron chi connectivity index (χ4n) is 4.89. The number of ether oxygens (including phenoxy) is 2. The highest BCUT2D eigenvalue weighted by atomic mass is 16.5. The predicted molar refractivity (Wildman–Crippen MR) is 115 cm³/mol. The van der Waals surface area contributed by atoms with Crippen molar-refractivity contribution in [3.63, 3.8) is 0 Å². The Balaban J connectivity index is 1.22. The van der Waals surface area contributed by atoms with Gasteiger partial charge in [0, 0.05) is 45.2 Å². The van der Waals surface area contributed by atoms with Gasteiger partial charge in [-0.1, -0.05) is 25.0 Å². The number of carbonyl (C=O) groups is 3. The highest BCUT2D eigenvalue weighted by Gasteiger charge is 2.39. The lowest BCUT2D eigenvalue weighted by Crippen LogP contribution is -2.50. The first-order chi connectivity index (χ1) is 15.1. The first kappa shape index (κ1) is 21.5. The summed E-state index contributed by atoms with van der Waals surface area (Å²) in [7, 11) is 1.65. The van der Waals surface area contributed by atoms with Crippen LogP contribution in [0.5, 0.6) is 5.75 Å². The summed E-state index contributed by atoms with van der Waals surface area (Å²) in [6.45, 7) is 2.66. The molecular weight excluding hydrogens is 398 g/mol. The Bertz CT molecular complexity index is 815. The average molecular weight is 430 g/mol. The van der Waals surface area contributed by atoms with Crippen LogP contribution in [0, 0.1) is 5.92 Å². The minimum atomic E-state index is -0.455. The van der Waals surface area contributed by atoms with E-state index in [1.54, 1.807) is 12.0 Å². The van der Waals surface area contributed by atoms with Crippen molar-refractivity contribution in [2.45, 2.75) is 38.1 Å². The van der Waals surface area contributed by atoms with Crippen LogP contribution in [-0.4, -0.2) is 80.1 Å². The van der Waals surface area contributed by atoms with E-state index in [0.29, 0.717) is 32.7 Å². The number of likely N-dealkylation sites (tertiary alicyclic amines) is 1. The molecule has 2 saturated heterocycles. The summed E-state index contributed by atoms with van der Waals surface area (Å²) in [5.41, 5.74) is 1.02. The Hall–Kier alpha value is -2.77. The molecule has 0 radical (unpaired) electrons. The molecule has 8 nitrogen and oxygen atoms in total. The molecule has 0 bridgehead atoms. The smallest absolute Gasteiger partial charge is 0.311 e. The van der Waals surface area contributed by atoms with Crippen LogP contribution < -0.4 is 9.64 Å². The standard InChI is InChI=1S/C23H31N3O5/c1-30-20-9-5-4-8-19(20)24-10-12-25(13-11-24)22(28)16-31-23(29)17-14-21(27)26(15-17)18-6-2-3-7-18/h4-5,8-9,17-18H,2-3,6-7,10-16H2,1H3/t17-/m1/s1. The van der Waals surface area contributed by atoms with Gasteiger partial charge in [0.25, 0.3) is 5.91 Å². The summed E-state index contributed by atoms with van der Waals surface area (Å²) >= 11 is 0. The van der Waals surface area contributed by atoms with Gasteiger partial charge >= 0.3 is 5.97 Å². The molecule has 1 aromatic carbocycles. The van der Waals surface area contributed by atoms with Gasteiger partial charge in [-0.05, 0) is 25.0 Å². The van der Waals surface area contributed by atoms with Crippen LogP contribution in [0.4, 0.5) is 5.69 Å². The number of carbonyl (C=O) groups excluding carboxylic acids is 3. The minimum Gasteiger partial charge on any atom is -0.495 e. The Morgan fingerprint density at radius 1 is 1.06 bits per heavy atom. The van der Waals surface area contributed by atoms with Gasteiger partial charge in [0.05, 0.1) is 18.7 Å². The van der Waals surface area contributed by atoms with Gasteiger partial charge in [0.2, 0.25) is 5.91 Å². The summed E-state index contributed by atoms with van der Waals surface area (Å²) in [6, 6.07) is 8.10. The first-order valence-corrected chi connectivity index (χ1v) is 11.2. The van der Waals surface area contributed by atoms with Crippen LogP contribution >= 0.6 is 0 Å². The zero-order chi connectivity index (χ0) is 21.8. The minimum absolute atomic E-state index is 0.0349. The number of piperazine rings is 1. The molecule has 2 aliphatic heterocycles. The molecule has 2 amide bonds. The summed E-state index contributed by atoms with van der Waals surface area (Å²) in [6.07, 6.45) is 4.52. The molecule has 0 unspecified atom stereocenters. The van der Waals surface area contributed by atoms with E-state index in [9.17, 15) is 14.4 Å². The monoisotopic (exact) mass is 429 g/mol. The Labute approximate surface area is 183 Å². The molecule has 31 heavy (non-hydrogen) atoms. The largest absolute Gasteiger partial charge is 0.495 e. The number of amides is 2. The summed E-state index contributed by atoms with van der Waals surface area (Å²) in [5.74, 6) is -0.232. The number of hydrogen-bond acceptors (Lipinski definition) is 6. The molecule has 1 aromatic rings. The maximum atomic E-state index is 12.5. The molecular formula is C23H31N3O5. The van der Waals surface area contributed by atoms with Crippen LogP contribution in [0.25, 0.3) is 0 Å². The molecule has 1 atom stereocenters. The van der Waals surface area contributed by atoms with E-state index in [-0.39, 0.29) is 30.9 Å². The zero-order valence-electron chi connectivity index (χ0n) is 18.1. The average Bonchev–Trinajstić information content (AvgIpc) is 3.47. The number of esters is 1. The molecule has 2 heterocycles. The van der Waals surface area contributed by atoms with E-state index in [4.69, 9.17) is 9.47 Å². The third-order valence-electron chi connectivity index (χ3n) is 6.65. The van der Waals surface area contributed by atoms with Gasteiger partial charge < -0.3 is 24.2 Å². The van der Waals surface area contributed by atoms with Gasteiger partial charge in [-0.2, -0.15) is 0 Å². The van der Waals surface area contributed by atoms with Crippen molar-refractivity contribution in [1.82, 2.24) is 9.80 Å². The Morgan fingerprint density at radius 2 is 1.77 bits per heavy atom. The second-order valence-corrected chi connectivity index (χ2v) is 8.53. The molecule has 0 spiro atoms. The van der Waals surface area contributed by atoms with Gasteiger partial charge in [0.15, 0.2) is 6.61 Å². The third kappa shape index (κ3) is 4.78. The molecule has 0 N–H and O–H groups in total. The van der Waals surface area contributed by atoms with Crippen LogP contribution in [0.15, 0.2) is 24.3 Å². The maximum absolute atomic E-state index is 12.5. The number of benzene rings is 1. The van der Waals surface area contributed by atoms with Gasteiger partial charge in [-0.15, -0.1) is 0 Å². The highest BCUT2D eigenvalue weighted by Crippen LogP contribution is 2.30. The van der Waals surface area contributed by atoms with E-state index in [1.165, 1.54) is 0 Å². The van der Waals surface area contributed by atoms with Crippen LogP contribution in [0.3, 0.4) is 0 Å². The third-order valence-corrected chi connectivity index (χ3v) is 6.65. The molecule has 3 aliphatic rings. The van der Waals surface area contributed by atoms with Crippen LogP contribution in [0.1, 0.15) is 32.1 Å². The molecule has 0 aromatic heterocycles. The number of methoxy groups -OCH3 is 1. The van der Waals surface area contributed by atoms with E-state index >= 15 is 0 Å². The molecule has 3 fully saturated rings. The van der Waals surface area contributed by atoms with Gasteiger partial charge in [-0.3, -0.25) is 14.4 Å². The lowest BCUT2D eigenvalue weighted by atomic mass is 10.1. The molecule has 4 rings (SSSR count). The lowest BCUT2D eigenvalue weighted by Gasteiger charge is -2.36. The van der Waals surface area contributed by atoms with Crippen molar-refractivity contribution in [2.24, 2.45) is 5.92 Å².